The molecule has 1 amide bonds. The fourth-order valence-electron chi connectivity index (χ4n) is 1.63. The molecule has 1 aromatic heterocycles. The Morgan fingerprint density at radius 2 is 2.25 bits per heavy atom. The van der Waals surface area contributed by atoms with E-state index < -0.39 is 0 Å². The van der Waals surface area contributed by atoms with Gasteiger partial charge in [0.05, 0.1) is 17.3 Å². The number of benzene rings is 1. The van der Waals surface area contributed by atoms with Crippen molar-refractivity contribution in [1.29, 1.82) is 0 Å². The second-order valence-corrected chi connectivity index (χ2v) is 4.69. The number of halogens is 1. The van der Waals surface area contributed by atoms with Crippen LogP contribution < -0.4 is 16.7 Å². The third kappa shape index (κ3) is 3.18. The summed E-state index contributed by atoms with van der Waals surface area (Å²) >= 11 is 5.79. The zero-order valence-electron chi connectivity index (χ0n) is 10.8. The van der Waals surface area contributed by atoms with E-state index in [-0.39, 0.29) is 24.6 Å². The average Bonchev–Trinajstić information content (AvgIpc) is 2.72. The highest BCUT2D eigenvalue weighted by Gasteiger charge is 2.07. The predicted octanol–water partition coefficient (Wildman–Crippen LogP) is 0.846. The normalized spacial score (nSPS) is 10.5. The second kappa shape index (κ2) is 5.79. The lowest BCUT2D eigenvalue weighted by molar-refractivity contribution is -0.116. The van der Waals surface area contributed by atoms with E-state index >= 15 is 0 Å². The van der Waals surface area contributed by atoms with Crippen molar-refractivity contribution in [2.75, 3.05) is 11.1 Å². The molecule has 2 rings (SSSR count). The molecule has 20 heavy (non-hydrogen) atoms. The maximum Gasteiger partial charge on any atom is 0.345 e. The maximum absolute atomic E-state index is 11.8. The highest BCUT2D eigenvalue weighted by atomic mass is 35.5. The molecule has 0 aliphatic carbocycles. The Hall–Kier alpha value is -2.28. The first kappa shape index (κ1) is 14.1. The summed E-state index contributed by atoms with van der Waals surface area (Å²) in [5.41, 5.74) is 6.34. The topological polar surface area (TPSA) is 94.9 Å². The third-order valence-electron chi connectivity index (χ3n) is 2.72. The van der Waals surface area contributed by atoms with Crippen molar-refractivity contribution >= 4 is 28.9 Å². The molecular weight excluding hydrogens is 282 g/mol. The van der Waals surface area contributed by atoms with Crippen molar-refractivity contribution in [3.63, 3.8) is 0 Å². The van der Waals surface area contributed by atoms with E-state index in [1.54, 1.807) is 25.2 Å². The number of hydrogen-bond donors (Lipinski definition) is 2. The third-order valence-corrected chi connectivity index (χ3v) is 3.06. The highest BCUT2D eigenvalue weighted by molar-refractivity contribution is 6.33. The van der Waals surface area contributed by atoms with Crippen LogP contribution in [0.25, 0.3) is 0 Å². The molecule has 2 aromatic rings. The Kier molecular flexibility index (Phi) is 4.09. The summed E-state index contributed by atoms with van der Waals surface area (Å²) in [6.45, 7) is 0.217. The lowest BCUT2D eigenvalue weighted by Crippen LogP contribution is -2.25. The van der Waals surface area contributed by atoms with Crippen molar-refractivity contribution in [3.05, 3.63) is 40.0 Å². The van der Waals surface area contributed by atoms with Crippen LogP contribution in [0, 0.1) is 0 Å². The van der Waals surface area contributed by atoms with Crippen LogP contribution in [0.5, 0.6) is 0 Å². The quantitative estimate of drug-likeness (QED) is 0.817. The molecule has 0 atom stereocenters. The Morgan fingerprint density at radius 3 is 2.85 bits per heavy atom. The van der Waals surface area contributed by atoms with Gasteiger partial charge in [-0.2, -0.15) is 5.10 Å². The van der Waals surface area contributed by atoms with Crippen molar-refractivity contribution in [1.82, 2.24) is 14.3 Å². The van der Waals surface area contributed by atoms with Gasteiger partial charge in [0.25, 0.3) is 0 Å². The van der Waals surface area contributed by atoms with Gasteiger partial charge in [0, 0.05) is 19.2 Å². The summed E-state index contributed by atoms with van der Waals surface area (Å²) in [4.78, 5) is 23.3. The Balaban J connectivity index is 1.94. The zero-order valence-corrected chi connectivity index (χ0v) is 11.6. The standard InChI is InChI=1S/C12H14ClN5O2/c1-17-7-15-18(12(17)20)5-4-11(19)16-8-2-3-9(13)10(14)6-8/h2-3,6-7H,4-5,14H2,1H3,(H,16,19). The molecule has 0 saturated carbocycles. The molecular formula is C12H14ClN5O2. The maximum atomic E-state index is 11.8. The lowest BCUT2D eigenvalue weighted by atomic mass is 10.2. The minimum Gasteiger partial charge on any atom is -0.397 e. The number of nitrogens with one attached hydrogen (secondary N) is 1. The zero-order chi connectivity index (χ0) is 14.7. The Labute approximate surface area is 120 Å². The van der Waals surface area contributed by atoms with E-state index in [2.05, 4.69) is 10.4 Å². The number of amides is 1. The molecule has 106 valence electrons. The molecule has 7 nitrogen and oxygen atoms in total. The largest absolute Gasteiger partial charge is 0.397 e. The number of aryl methyl sites for hydroxylation is 2. The molecule has 0 saturated heterocycles. The van der Waals surface area contributed by atoms with Crippen LogP contribution in [0.4, 0.5) is 11.4 Å². The fourth-order valence-corrected chi connectivity index (χ4v) is 1.74. The number of nitrogens with zero attached hydrogens (tertiary/aromatic N) is 3. The van der Waals surface area contributed by atoms with Crippen molar-refractivity contribution in [2.45, 2.75) is 13.0 Å². The summed E-state index contributed by atoms with van der Waals surface area (Å²) in [6.07, 6.45) is 1.54. The van der Waals surface area contributed by atoms with Gasteiger partial charge in [-0.3, -0.25) is 9.36 Å². The summed E-state index contributed by atoms with van der Waals surface area (Å²) < 4.78 is 2.58. The van der Waals surface area contributed by atoms with Gasteiger partial charge < -0.3 is 11.1 Å². The van der Waals surface area contributed by atoms with Crippen molar-refractivity contribution in [2.24, 2.45) is 7.05 Å². The van der Waals surface area contributed by atoms with Crippen LogP contribution >= 0.6 is 11.6 Å². The van der Waals surface area contributed by atoms with Gasteiger partial charge in [-0.25, -0.2) is 9.48 Å². The van der Waals surface area contributed by atoms with Gasteiger partial charge in [0.1, 0.15) is 6.33 Å². The molecule has 0 fully saturated rings. The van der Waals surface area contributed by atoms with Gasteiger partial charge in [-0.1, -0.05) is 11.6 Å². The smallest absolute Gasteiger partial charge is 0.345 e. The summed E-state index contributed by atoms with van der Waals surface area (Å²) in [5.74, 6) is -0.232. The lowest BCUT2D eigenvalue weighted by Gasteiger charge is -2.06. The number of hydrogen-bond acceptors (Lipinski definition) is 4. The first-order valence-corrected chi connectivity index (χ1v) is 6.28. The summed E-state index contributed by atoms with van der Waals surface area (Å²) in [5, 5.41) is 6.98. The van der Waals surface area contributed by atoms with Gasteiger partial charge in [0.15, 0.2) is 0 Å². The van der Waals surface area contributed by atoms with Gasteiger partial charge >= 0.3 is 5.69 Å². The number of carbonyl (C=O) groups is 1. The number of nitrogen functional groups attached to an aromatic ring is 1. The van der Waals surface area contributed by atoms with E-state index in [1.165, 1.54) is 15.6 Å². The van der Waals surface area contributed by atoms with Gasteiger partial charge in [-0.15, -0.1) is 0 Å². The Bertz CT molecular complexity index is 691. The SMILES string of the molecule is Cn1cnn(CCC(=O)Nc2ccc(Cl)c(N)c2)c1=O. The number of rotatable bonds is 4. The fraction of sp³-hybridized carbons (Fsp3) is 0.250. The van der Waals surface area contributed by atoms with Crippen molar-refractivity contribution in [3.8, 4) is 0 Å². The first-order chi connectivity index (χ1) is 9.47. The average molecular weight is 296 g/mol. The van der Waals surface area contributed by atoms with Crippen LogP contribution in [-0.2, 0) is 18.4 Å². The molecule has 0 bridgehead atoms. The van der Waals surface area contributed by atoms with Crippen LogP contribution in [-0.4, -0.2) is 20.3 Å². The van der Waals surface area contributed by atoms with Crippen LogP contribution in [0.15, 0.2) is 29.3 Å². The molecule has 0 spiro atoms. The minimum absolute atomic E-state index is 0.138. The van der Waals surface area contributed by atoms with E-state index in [0.717, 1.165) is 0 Å². The molecule has 1 heterocycles. The van der Waals surface area contributed by atoms with Crippen LogP contribution in [0.2, 0.25) is 5.02 Å². The highest BCUT2D eigenvalue weighted by Crippen LogP contribution is 2.22. The second-order valence-electron chi connectivity index (χ2n) is 4.28. The number of nitrogens with two attached hydrogens (primary N) is 1. The van der Waals surface area contributed by atoms with E-state index in [1.807, 2.05) is 0 Å². The molecule has 1 aromatic carbocycles. The summed E-state index contributed by atoms with van der Waals surface area (Å²) in [7, 11) is 1.60. The molecule has 0 unspecified atom stereocenters. The van der Waals surface area contributed by atoms with Crippen molar-refractivity contribution < 1.29 is 4.79 Å². The van der Waals surface area contributed by atoms with E-state index in [0.29, 0.717) is 16.4 Å². The minimum atomic E-state index is -0.256. The first-order valence-electron chi connectivity index (χ1n) is 5.90. The molecule has 0 aliphatic rings. The van der Waals surface area contributed by atoms with Gasteiger partial charge in [-0.05, 0) is 18.2 Å². The molecule has 0 aliphatic heterocycles. The molecule has 0 radical (unpaired) electrons. The summed E-state index contributed by atoms with van der Waals surface area (Å²) in [6, 6.07) is 4.84. The number of anilines is 2. The number of aromatic nitrogens is 3. The van der Waals surface area contributed by atoms with E-state index in [4.69, 9.17) is 17.3 Å². The monoisotopic (exact) mass is 295 g/mol. The van der Waals surface area contributed by atoms with E-state index in [9.17, 15) is 9.59 Å². The molecule has 8 heteroatoms. The predicted molar refractivity (Wildman–Crippen MR) is 76.6 cm³/mol. The Morgan fingerprint density at radius 1 is 1.50 bits per heavy atom. The van der Waals surface area contributed by atoms with Crippen LogP contribution in [0.1, 0.15) is 6.42 Å². The molecule has 3 N–H and O–H groups in total. The van der Waals surface area contributed by atoms with Crippen LogP contribution in [0.3, 0.4) is 0 Å². The van der Waals surface area contributed by atoms with Gasteiger partial charge in [0.2, 0.25) is 5.91 Å². The number of carbonyl (C=O) groups excluding carboxylic acids is 1.